The fraction of sp³-hybridized carbons (Fsp3) is 0. The Labute approximate surface area is 115 Å². The van der Waals surface area contributed by atoms with Crippen LogP contribution in [0, 0.1) is 0 Å². The first-order valence-corrected chi connectivity index (χ1v) is 5.95. The highest BCUT2D eigenvalue weighted by molar-refractivity contribution is 6.36. The first-order valence-electron chi connectivity index (χ1n) is 5.19. The van der Waals surface area contributed by atoms with Crippen molar-refractivity contribution in [2.45, 2.75) is 0 Å². The second-order valence-electron chi connectivity index (χ2n) is 3.64. The van der Waals surface area contributed by atoms with Crippen molar-refractivity contribution in [1.82, 2.24) is 0 Å². The number of carbonyl (C=O) groups is 1. The lowest BCUT2D eigenvalue weighted by atomic mass is 10.1. The van der Waals surface area contributed by atoms with E-state index in [4.69, 9.17) is 28.9 Å². The van der Waals surface area contributed by atoms with Gasteiger partial charge in [-0.1, -0.05) is 41.4 Å². The lowest BCUT2D eigenvalue weighted by Gasteiger charge is -2.10. The van der Waals surface area contributed by atoms with Gasteiger partial charge in [0, 0.05) is 5.69 Å². The van der Waals surface area contributed by atoms with Crippen LogP contribution in [0.4, 0.5) is 11.4 Å². The van der Waals surface area contributed by atoms with Gasteiger partial charge in [0.05, 0.1) is 21.3 Å². The van der Waals surface area contributed by atoms with E-state index in [2.05, 4.69) is 5.32 Å². The molecule has 0 spiro atoms. The van der Waals surface area contributed by atoms with Crippen LogP contribution in [0.5, 0.6) is 0 Å². The highest BCUT2D eigenvalue weighted by atomic mass is 35.5. The van der Waals surface area contributed by atoms with E-state index in [1.54, 1.807) is 42.5 Å². The molecule has 2 aromatic rings. The first-order chi connectivity index (χ1) is 8.59. The summed E-state index contributed by atoms with van der Waals surface area (Å²) in [6.45, 7) is 0. The number of nitrogen functional groups attached to an aromatic ring is 1. The van der Waals surface area contributed by atoms with Gasteiger partial charge in [-0.15, -0.1) is 0 Å². The quantitative estimate of drug-likeness (QED) is 0.822. The summed E-state index contributed by atoms with van der Waals surface area (Å²) in [5.41, 5.74) is 6.83. The van der Waals surface area contributed by atoms with Crippen molar-refractivity contribution in [3.8, 4) is 0 Å². The monoisotopic (exact) mass is 280 g/mol. The van der Waals surface area contributed by atoms with Crippen LogP contribution in [0.15, 0.2) is 42.5 Å². The normalized spacial score (nSPS) is 10.1. The zero-order valence-corrected chi connectivity index (χ0v) is 10.8. The molecule has 2 rings (SSSR count). The minimum Gasteiger partial charge on any atom is -0.398 e. The third-order valence-corrected chi connectivity index (χ3v) is 3.04. The molecule has 0 unspecified atom stereocenters. The van der Waals surface area contributed by atoms with Gasteiger partial charge in [0.1, 0.15) is 0 Å². The zero-order chi connectivity index (χ0) is 13.1. The summed E-state index contributed by atoms with van der Waals surface area (Å²) >= 11 is 11.9. The van der Waals surface area contributed by atoms with Crippen LogP contribution in [-0.4, -0.2) is 5.91 Å². The predicted octanol–water partition coefficient (Wildman–Crippen LogP) is 3.83. The lowest BCUT2D eigenvalue weighted by molar-refractivity contribution is 0.102. The maximum atomic E-state index is 12.1. The molecule has 0 radical (unpaired) electrons. The van der Waals surface area contributed by atoms with Crippen LogP contribution in [-0.2, 0) is 0 Å². The summed E-state index contributed by atoms with van der Waals surface area (Å²) in [6, 6.07) is 11.9. The minimum atomic E-state index is -0.383. The van der Waals surface area contributed by atoms with Crippen molar-refractivity contribution in [3.05, 3.63) is 58.1 Å². The molecule has 0 aliphatic carbocycles. The molecule has 0 fully saturated rings. The molecule has 0 aliphatic heterocycles. The van der Waals surface area contributed by atoms with Gasteiger partial charge < -0.3 is 11.1 Å². The molecular formula is C13H10Cl2N2O. The van der Waals surface area contributed by atoms with Crippen LogP contribution in [0.2, 0.25) is 10.0 Å². The number of amides is 1. The second kappa shape index (κ2) is 5.29. The molecule has 0 heterocycles. The first kappa shape index (κ1) is 12.7. The van der Waals surface area contributed by atoms with E-state index in [0.717, 1.165) is 0 Å². The smallest absolute Gasteiger partial charge is 0.259 e. The van der Waals surface area contributed by atoms with E-state index in [9.17, 15) is 4.79 Å². The number of carbonyl (C=O) groups excluding carboxylic acids is 1. The van der Waals surface area contributed by atoms with Gasteiger partial charge in [-0.2, -0.15) is 0 Å². The van der Waals surface area contributed by atoms with Crippen molar-refractivity contribution in [3.63, 3.8) is 0 Å². The van der Waals surface area contributed by atoms with E-state index in [1.165, 1.54) is 0 Å². The standard InChI is InChI=1S/C13H10Cl2N2O/c14-8-4-1-2-7-11(8)17-13(18)12-9(15)5-3-6-10(12)16/h1-7H,16H2,(H,17,18). The van der Waals surface area contributed by atoms with E-state index < -0.39 is 0 Å². The Kier molecular flexibility index (Phi) is 3.75. The van der Waals surface area contributed by atoms with Gasteiger partial charge in [-0.05, 0) is 24.3 Å². The fourth-order valence-electron chi connectivity index (χ4n) is 1.53. The van der Waals surface area contributed by atoms with Gasteiger partial charge >= 0.3 is 0 Å². The number of hydrogen-bond acceptors (Lipinski definition) is 2. The molecule has 0 aliphatic rings. The van der Waals surface area contributed by atoms with Crippen molar-refractivity contribution in [2.24, 2.45) is 0 Å². The van der Waals surface area contributed by atoms with E-state index in [-0.39, 0.29) is 11.5 Å². The number of benzene rings is 2. The molecule has 0 saturated heterocycles. The maximum absolute atomic E-state index is 12.1. The summed E-state index contributed by atoms with van der Waals surface area (Å²) in [6.07, 6.45) is 0. The van der Waals surface area contributed by atoms with Gasteiger partial charge in [0.2, 0.25) is 0 Å². The largest absolute Gasteiger partial charge is 0.398 e. The number of nitrogens with two attached hydrogens (primary N) is 1. The number of rotatable bonds is 2. The Morgan fingerprint density at radius 1 is 1.00 bits per heavy atom. The molecule has 3 nitrogen and oxygen atoms in total. The Balaban J connectivity index is 2.31. The predicted molar refractivity (Wildman–Crippen MR) is 75.3 cm³/mol. The molecule has 0 bridgehead atoms. The maximum Gasteiger partial charge on any atom is 0.259 e. The lowest BCUT2D eigenvalue weighted by Crippen LogP contribution is -2.14. The third-order valence-electron chi connectivity index (χ3n) is 2.39. The Hall–Kier alpha value is -1.71. The van der Waals surface area contributed by atoms with Crippen molar-refractivity contribution < 1.29 is 4.79 Å². The number of halogens is 2. The second-order valence-corrected chi connectivity index (χ2v) is 4.45. The summed E-state index contributed by atoms with van der Waals surface area (Å²) in [4.78, 5) is 12.1. The molecule has 0 aromatic heterocycles. The third kappa shape index (κ3) is 2.58. The van der Waals surface area contributed by atoms with Gasteiger partial charge in [-0.3, -0.25) is 4.79 Å². The Morgan fingerprint density at radius 3 is 2.33 bits per heavy atom. The van der Waals surface area contributed by atoms with Crippen LogP contribution >= 0.6 is 23.2 Å². The SMILES string of the molecule is Nc1cccc(Cl)c1C(=O)Nc1ccccc1Cl. The highest BCUT2D eigenvalue weighted by Gasteiger charge is 2.14. The summed E-state index contributed by atoms with van der Waals surface area (Å²) < 4.78 is 0. The van der Waals surface area contributed by atoms with E-state index in [0.29, 0.717) is 21.4 Å². The molecule has 0 atom stereocenters. The fourth-order valence-corrected chi connectivity index (χ4v) is 1.98. The molecule has 18 heavy (non-hydrogen) atoms. The number of hydrogen-bond donors (Lipinski definition) is 2. The number of para-hydroxylation sites is 1. The topological polar surface area (TPSA) is 55.1 Å². The van der Waals surface area contributed by atoms with Gasteiger partial charge in [0.15, 0.2) is 0 Å². The zero-order valence-electron chi connectivity index (χ0n) is 9.28. The summed E-state index contributed by atoms with van der Waals surface area (Å²) in [5.74, 6) is -0.383. The van der Waals surface area contributed by atoms with E-state index in [1.807, 2.05) is 0 Å². The summed E-state index contributed by atoms with van der Waals surface area (Å²) in [7, 11) is 0. The minimum absolute atomic E-state index is 0.249. The summed E-state index contributed by atoms with van der Waals surface area (Å²) in [5, 5.41) is 3.43. The van der Waals surface area contributed by atoms with Crippen molar-refractivity contribution in [2.75, 3.05) is 11.1 Å². The van der Waals surface area contributed by atoms with Crippen molar-refractivity contribution in [1.29, 1.82) is 0 Å². The van der Waals surface area contributed by atoms with Crippen LogP contribution < -0.4 is 11.1 Å². The van der Waals surface area contributed by atoms with Gasteiger partial charge in [-0.25, -0.2) is 0 Å². The van der Waals surface area contributed by atoms with E-state index >= 15 is 0 Å². The van der Waals surface area contributed by atoms with Crippen LogP contribution in [0.25, 0.3) is 0 Å². The molecule has 92 valence electrons. The number of anilines is 2. The number of nitrogens with one attached hydrogen (secondary N) is 1. The molecule has 0 saturated carbocycles. The molecule has 5 heteroatoms. The molecule has 1 amide bonds. The highest BCUT2D eigenvalue weighted by Crippen LogP contribution is 2.25. The molecule has 3 N–H and O–H groups in total. The molecule has 2 aromatic carbocycles. The average molecular weight is 281 g/mol. The Morgan fingerprint density at radius 2 is 1.67 bits per heavy atom. The Bertz CT molecular complexity index is 579. The molecular weight excluding hydrogens is 271 g/mol. The average Bonchev–Trinajstić information content (AvgIpc) is 2.32. The van der Waals surface area contributed by atoms with Crippen LogP contribution in [0.3, 0.4) is 0 Å². The van der Waals surface area contributed by atoms with Crippen LogP contribution in [0.1, 0.15) is 10.4 Å². The van der Waals surface area contributed by atoms with Gasteiger partial charge in [0.25, 0.3) is 5.91 Å². The van der Waals surface area contributed by atoms with Crippen molar-refractivity contribution >= 4 is 40.5 Å².